The topological polar surface area (TPSA) is 38.9 Å². The molecule has 0 aliphatic heterocycles. The Bertz CT molecular complexity index is 460. The fourth-order valence-corrected chi connectivity index (χ4v) is 2.39. The van der Waals surface area contributed by atoms with Gasteiger partial charge in [0.2, 0.25) is 0 Å². The van der Waals surface area contributed by atoms with Gasteiger partial charge >= 0.3 is 0 Å². The van der Waals surface area contributed by atoms with Crippen LogP contribution in [0.5, 0.6) is 0 Å². The van der Waals surface area contributed by atoms with E-state index in [-0.39, 0.29) is 6.04 Å². The number of aromatic nitrogens is 1. The Morgan fingerprint density at radius 2 is 2.07 bits per heavy atom. The van der Waals surface area contributed by atoms with Crippen molar-refractivity contribution in [2.75, 3.05) is 0 Å². The molecule has 15 heavy (non-hydrogen) atoms. The largest absolute Gasteiger partial charge is 0.323 e. The van der Waals surface area contributed by atoms with Gasteiger partial charge in [-0.25, -0.2) is 4.98 Å². The molecule has 0 aliphatic rings. The molecule has 0 radical (unpaired) electrons. The normalized spacial score (nSPS) is 12.7. The minimum atomic E-state index is 0.0697. The van der Waals surface area contributed by atoms with Crippen LogP contribution in [0.4, 0.5) is 0 Å². The summed E-state index contributed by atoms with van der Waals surface area (Å²) in [6, 6.07) is 8.34. The van der Waals surface area contributed by atoms with Crippen molar-refractivity contribution in [2.45, 2.75) is 19.9 Å². The molecule has 0 amide bonds. The number of nitrogens with zero attached hydrogens (tertiary/aromatic N) is 1. The quantitative estimate of drug-likeness (QED) is 0.841. The van der Waals surface area contributed by atoms with Crippen molar-refractivity contribution >= 4 is 11.3 Å². The number of aryl methyl sites for hydroxylation is 1. The Morgan fingerprint density at radius 1 is 1.33 bits per heavy atom. The highest BCUT2D eigenvalue weighted by Gasteiger charge is 2.08. The summed E-state index contributed by atoms with van der Waals surface area (Å²) < 4.78 is 0. The molecule has 1 aromatic carbocycles. The fraction of sp³-hybridized carbons (Fsp3) is 0.250. The summed E-state index contributed by atoms with van der Waals surface area (Å²) in [5.74, 6) is 0. The molecular weight excluding hydrogens is 204 g/mol. The Balaban J connectivity index is 2.42. The highest BCUT2D eigenvalue weighted by molar-refractivity contribution is 7.15. The molecule has 1 unspecified atom stereocenters. The van der Waals surface area contributed by atoms with Gasteiger partial charge in [-0.05, 0) is 19.4 Å². The lowest BCUT2D eigenvalue weighted by atomic mass is 10.1. The molecule has 2 nitrogen and oxygen atoms in total. The van der Waals surface area contributed by atoms with Gasteiger partial charge in [-0.15, -0.1) is 11.3 Å². The molecule has 0 spiro atoms. The average Bonchev–Trinajstić information content (AvgIpc) is 2.67. The molecule has 0 bridgehead atoms. The summed E-state index contributed by atoms with van der Waals surface area (Å²) in [5.41, 5.74) is 8.27. The minimum Gasteiger partial charge on any atom is -0.323 e. The monoisotopic (exact) mass is 218 g/mol. The van der Waals surface area contributed by atoms with Crippen LogP contribution in [-0.4, -0.2) is 4.98 Å². The first-order valence-corrected chi connectivity index (χ1v) is 5.77. The van der Waals surface area contributed by atoms with Crippen LogP contribution in [0.2, 0.25) is 0 Å². The maximum absolute atomic E-state index is 5.81. The number of hydrogen-bond acceptors (Lipinski definition) is 3. The first kappa shape index (κ1) is 10.3. The van der Waals surface area contributed by atoms with Crippen molar-refractivity contribution in [3.8, 4) is 10.6 Å². The predicted molar refractivity (Wildman–Crippen MR) is 64.9 cm³/mol. The molecule has 3 heteroatoms. The molecule has 2 N–H and O–H groups in total. The second-order valence-electron chi connectivity index (χ2n) is 3.67. The Kier molecular flexibility index (Phi) is 2.84. The van der Waals surface area contributed by atoms with Crippen LogP contribution in [0.3, 0.4) is 0 Å². The van der Waals surface area contributed by atoms with Crippen LogP contribution in [0.15, 0.2) is 30.5 Å². The predicted octanol–water partition coefficient (Wildman–Crippen LogP) is 3.14. The maximum atomic E-state index is 5.81. The first-order valence-electron chi connectivity index (χ1n) is 4.96. The molecule has 1 heterocycles. The van der Waals surface area contributed by atoms with Crippen LogP contribution in [-0.2, 0) is 0 Å². The highest BCUT2D eigenvalue weighted by atomic mass is 32.1. The van der Waals surface area contributed by atoms with E-state index in [0.29, 0.717) is 0 Å². The second kappa shape index (κ2) is 4.13. The lowest BCUT2D eigenvalue weighted by molar-refractivity contribution is 0.835. The third-order valence-corrected chi connectivity index (χ3v) is 3.58. The highest BCUT2D eigenvalue weighted by Crippen LogP contribution is 2.29. The van der Waals surface area contributed by atoms with Gasteiger partial charge in [0.1, 0.15) is 5.01 Å². The average molecular weight is 218 g/mol. The standard InChI is InChI=1S/C12H14N2S/c1-8-5-3-4-6-10(8)12-14-7-11(15-12)9(2)13/h3-7,9H,13H2,1-2H3. The molecule has 0 saturated heterocycles. The summed E-state index contributed by atoms with van der Waals surface area (Å²) in [6.07, 6.45) is 1.87. The molecule has 2 aromatic rings. The molecule has 1 aromatic heterocycles. The van der Waals surface area contributed by atoms with Crippen molar-refractivity contribution in [3.63, 3.8) is 0 Å². The fourth-order valence-electron chi connectivity index (χ4n) is 1.43. The number of rotatable bonds is 2. The van der Waals surface area contributed by atoms with Gasteiger partial charge in [0.15, 0.2) is 0 Å². The molecule has 78 valence electrons. The Morgan fingerprint density at radius 3 is 2.67 bits per heavy atom. The van der Waals surface area contributed by atoms with E-state index in [1.807, 2.05) is 25.3 Å². The smallest absolute Gasteiger partial charge is 0.123 e. The zero-order valence-corrected chi connectivity index (χ0v) is 9.71. The molecular formula is C12H14N2S. The lowest BCUT2D eigenvalue weighted by Gasteiger charge is -2.00. The van der Waals surface area contributed by atoms with Crippen LogP contribution >= 0.6 is 11.3 Å². The molecule has 0 saturated carbocycles. The Hall–Kier alpha value is -1.19. The molecule has 1 atom stereocenters. The van der Waals surface area contributed by atoms with E-state index in [1.165, 1.54) is 11.1 Å². The summed E-state index contributed by atoms with van der Waals surface area (Å²) in [7, 11) is 0. The minimum absolute atomic E-state index is 0.0697. The maximum Gasteiger partial charge on any atom is 0.123 e. The molecule has 2 rings (SSSR count). The van der Waals surface area contributed by atoms with E-state index in [4.69, 9.17) is 5.73 Å². The summed E-state index contributed by atoms with van der Waals surface area (Å²) >= 11 is 1.67. The van der Waals surface area contributed by atoms with Crippen molar-refractivity contribution in [3.05, 3.63) is 40.9 Å². The Labute approximate surface area is 93.8 Å². The van der Waals surface area contributed by atoms with Crippen LogP contribution in [0.1, 0.15) is 23.4 Å². The van der Waals surface area contributed by atoms with Gasteiger partial charge in [-0.2, -0.15) is 0 Å². The molecule has 0 fully saturated rings. The van der Waals surface area contributed by atoms with E-state index in [9.17, 15) is 0 Å². The van der Waals surface area contributed by atoms with Gasteiger partial charge < -0.3 is 5.73 Å². The van der Waals surface area contributed by atoms with Crippen molar-refractivity contribution in [2.24, 2.45) is 5.73 Å². The van der Waals surface area contributed by atoms with E-state index in [2.05, 4.69) is 24.0 Å². The SMILES string of the molecule is Cc1ccccc1-c1ncc(C(C)N)s1. The van der Waals surface area contributed by atoms with Gasteiger partial charge in [-0.3, -0.25) is 0 Å². The second-order valence-corrected chi connectivity index (χ2v) is 4.73. The summed E-state index contributed by atoms with van der Waals surface area (Å²) in [6.45, 7) is 4.08. The number of hydrogen-bond donors (Lipinski definition) is 1. The third kappa shape index (κ3) is 2.08. The van der Waals surface area contributed by atoms with E-state index in [0.717, 1.165) is 9.88 Å². The van der Waals surface area contributed by atoms with Crippen LogP contribution in [0, 0.1) is 6.92 Å². The van der Waals surface area contributed by atoms with E-state index in [1.54, 1.807) is 11.3 Å². The summed E-state index contributed by atoms with van der Waals surface area (Å²) in [5, 5.41) is 1.06. The van der Waals surface area contributed by atoms with Crippen molar-refractivity contribution in [1.29, 1.82) is 0 Å². The first-order chi connectivity index (χ1) is 7.18. The van der Waals surface area contributed by atoms with Gasteiger partial charge in [-0.1, -0.05) is 24.3 Å². The third-order valence-electron chi connectivity index (χ3n) is 2.35. The summed E-state index contributed by atoms with van der Waals surface area (Å²) in [4.78, 5) is 5.54. The number of benzene rings is 1. The lowest BCUT2D eigenvalue weighted by Crippen LogP contribution is -2.01. The van der Waals surface area contributed by atoms with Crippen LogP contribution < -0.4 is 5.73 Å². The zero-order valence-electron chi connectivity index (χ0n) is 8.90. The van der Waals surface area contributed by atoms with Gasteiger partial charge in [0.05, 0.1) is 0 Å². The van der Waals surface area contributed by atoms with E-state index < -0.39 is 0 Å². The van der Waals surface area contributed by atoms with Crippen molar-refractivity contribution in [1.82, 2.24) is 4.98 Å². The van der Waals surface area contributed by atoms with Gasteiger partial charge in [0.25, 0.3) is 0 Å². The number of thiazole rings is 1. The van der Waals surface area contributed by atoms with Gasteiger partial charge in [0, 0.05) is 22.7 Å². The van der Waals surface area contributed by atoms with Crippen LogP contribution in [0.25, 0.3) is 10.6 Å². The number of nitrogens with two attached hydrogens (primary N) is 1. The van der Waals surface area contributed by atoms with Crippen molar-refractivity contribution < 1.29 is 0 Å². The van der Waals surface area contributed by atoms with E-state index >= 15 is 0 Å². The zero-order chi connectivity index (χ0) is 10.8. The molecule has 0 aliphatic carbocycles.